The van der Waals surface area contributed by atoms with E-state index in [-0.39, 0.29) is 5.91 Å². The van der Waals surface area contributed by atoms with Crippen LogP contribution in [0.25, 0.3) is 0 Å². The molecular formula is C19H24N2O3. The number of hydrogen-bond donors (Lipinski definition) is 1. The third-order valence-electron chi connectivity index (χ3n) is 3.26. The van der Waals surface area contributed by atoms with Gasteiger partial charge in [-0.2, -0.15) is 0 Å². The van der Waals surface area contributed by atoms with Gasteiger partial charge in [-0.25, -0.2) is 0 Å². The van der Waals surface area contributed by atoms with Crippen LogP contribution in [0.15, 0.2) is 42.7 Å². The topological polar surface area (TPSA) is 60.5 Å². The van der Waals surface area contributed by atoms with Gasteiger partial charge in [-0.1, -0.05) is 19.9 Å². The average Bonchev–Trinajstić information content (AvgIpc) is 2.63. The number of carbonyl (C=O) groups excluding carboxylic acids is 1. The molecule has 1 heterocycles. The van der Waals surface area contributed by atoms with E-state index in [1.165, 1.54) is 0 Å². The van der Waals surface area contributed by atoms with Gasteiger partial charge in [0.15, 0.2) is 0 Å². The van der Waals surface area contributed by atoms with Gasteiger partial charge in [0.05, 0.1) is 13.2 Å². The highest BCUT2D eigenvalue weighted by Gasteiger charge is 2.10. The van der Waals surface area contributed by atoms with Gasteiger partial charge >= 0.3 is 0 Å². The maximum absolute atomic E-state index is 12.4. The van der Waals surface area contributed by atoms with Crippen molar-refractivity contribution < 1.29 is 14.3 Å². The second kappa shape index (κ2) is 9.55. The van der Waals surface area contributed by atoms with Crippen LogP contribution in [0, 0.1) is 0 Å². The van der Waals surface area contributed by atoms with E-state index < -0.39 is 0 Å². The molecule has 0 bridgehead atoms. The lowest BCUT2D eigenvalue weighted by Gasteiger charge is -2.12. The van der Waals surface area contributed by atoms with Crippen molar-refractivity contribution in [2.75, 3.05) is 13.2 Å². The number of hydrogen-bond acceptors (Lipinski definition) is 4. The molecule has 1 N–H and O–H groups in total. The predicted octanol–water partition coefficient (Wildman–Crippen LogP) is 3.59. The number of aromatic nitrogens is 1. The van der Waals surface area contributed by atoms with Gasteiger partial charge in [-0.3, -0.25) is 9.78 Å². The lowest BCUT2D eigenvalue weighted by molar-refractivity contribution is 0.0950. The zero-order valence-electron chi connectivity index (χ0n) is 14.2. The van der Waals surface area contributed by atoms with Crippen molar-refractivity contribution in [2.45, 2.75) is 33.2 Å². The molecule has 1 aromatic carbocycles. The molecule has 5 nitrogen and oxygen atoms in total. The van der Waals surface area contributed by atoms with Gasteiger partial charge in [0, 0.05) is 30.6 Å². The molecule has 2 rings (SSSR count). The quantitative estimate of drug-likeness (QED) is 0.764. The Morgan fingerprint density at radius 1 is 1.08 bits per heavy atom. The molecule has 0 saturated heterocycles. The number of rotatable bonds is 9. The molecule has 0 aliphatic heterocycles. The zero-order valence-corrected chi connectivity index (χ0v) is 14.2. The molecule has 0 fully saturated rings. The molecule has 0 atom stereocenters. The van der Waals surface area contributed by atoms with Crippen LogP contribution in [-0.4, -0.2) is 24.1 Å². The van der Waals surface area contributed by atoms with Gasteiger partial charge in [0.25, 0.3) is 5.91 Å². The number of ether oxygens (including phenoxy) is 2. The van der Waals surface area contributed by atoms with Crippen LogP contribution in [0.2, 0.25) is 0 Å². The van der Waals surface area contributed by atoms with Gasteiger partial charge in [-0.15, -0.1) is 0 Å². The number of benzene rings is 1. The van der Waals surface area contributed by atoms with Crippen LogP contribution in [0.5, 0.6) is 11.5 Å². The van der Waals surface area contributed by atoms with Crippen molar-refractivity contribution in [2.24, 2.45) is 0 Å². The van der Waals surface area contributed by atoms with E-state index in [0.717, 1.165) is 18.4 Å². The summed E-state index contributed by atoms with van der Waals surface area (Å²) in [4.78, 5) is 16.5. The van der Waals surface area contributed by atoms with Crippen molar-refractivity contribution in [1.82, 2.24) is 10.3 Å². The Morgan fingerprint density at radius 2 is 1.75 bits per heavy atom. The molecule has 0 radical (unpaired) electrons. The fourth-order valence-electron chi connectivity index (χ4n) is 2.10. The molecule has 2 aromatic rings. The minimum absolute atomic E-state index is 0.165. The van der Waals surface area contributed by atoms with Crippen LogP contribution in [0.3, 0.4) is 0 Å². The summed E-state index contributed by atoms with van der Waals surface area (Å²) >= 11 is 0. The van der Waals surface area contributed by atoms with Gasteiger partial charge in [-0.05, 0) is 36.6 Å². The molecule has 0 aliphatic rings. The van der Waals surface area contributed by atoms with Crippen LogP contribution in [0.1, 0.15) is 42.6 Å². The standard InChI is InChI=1S/C19H24N2O3/c1-3-8-23-17-10-16(11-18(12-17)24-9-4-2)19(22)21-14-15-6-5-7-20-13-15/h5-7,10-13H,3-4,8-9,14H2,1-2H3,(H,21,22). The van der Waals surface area contributed by atoms with E-state index in [0.29, 0.717) is 36.8 Å². The number of pyridine rings is 1. The predicted molar refractivity (Wildman–Crippen MR) is 93.4 cm³/mol. The maximum atomic E-state index is 12.4. The zero-order chi connectivity index (χ0) is 17.2. The van der Waals surface area contributed by atoms with Crippen molar-refractivity contribution in [3.05, 3.63) is 53.9 Å². The highest BCUT2D eigenvalue weighted by atomic mass is 16.5. The second-order valence-electron chi connectivity index (χ2n) is 5.43. The summed E-state index contributed by atoms with van der Waals surface area (Å²) in [5, 5.41) is 2.89. The van der Waals surface area contributed by atoms with Gasteiger partial charge < -0.3 is 14.8 Å². The molecule has 1 aromatic heterocycles. The van der Waals surface area contributed by atoms with Crippen molar-refractivity contribution in [3.8, 4) is 11.5 Å². The summed E-state index contributed by atoms with van der Waals surface area (Å²) < 4.78 is 11.3. The number of nitrogens with one attached hydrogen (secondary N) is 1. The Bertz CT molecular complexity index is 618. The first-order valence-corrected chi connectivity index (χ1v) is 8.30. The lowest BCUT2D eigenvalue weighted by Crippen LogP contribution is -2.23. The highest BCUT2D eigenvalue weighted by molar-refractivity contribution is 5.95. The summed E-state index contributed by atoms with van der Waals surface area (Å²) in [7, 11) is 0. The fraction of sp³-hybridized carbons (Fsp3) is 0.368. The molecule has 0 saturated carbocycles. The fourth-order valence-corrected chi connectivity index (χ4v) is 2.10. The molecule has 0 spiro atoms. The van der Waals surface area contributed by atoms with E-state index in [4.69, 9.17) is 9.47 Å². The SMILES string of the molecule is CCCOc1cc(OCCC)cc(C(=O)NCc2cccnc2)c1. The first-order chi connectivity index (χ1) is 11.7. The molecule has 0 unspecified atom stereocenters. The summed E-state index contributed by atoms with van der Waals surface area (Å²) in [5.41, 5.74) is 1.48. The van der Waals surface area contributed by atoms with E-state index in [9.17, 15) is 4.79 Å². The average molecular weight is 328 g/mol. The number of nitrogens with zero attached hydrogens (tertiary/aromatic N) is 1. The first kappa shape index (κ1) is 17.8. The largest absolute Gasteiger partial charge is 0.493 e. The van der Waals surface area contributed by atoms with Crippen LogP contribution >= 0.6 is 0 Å². The molecular weight excluding hydrogens is 304 g/mol. The summed E-state index contributed by atoms with van der Waals surface area (Å²) in [6.07, 6.45) is 5.25. The summed E-state index contributed by atoms with van der Waals surface area (Å²) in [6.45, 7) is 5.72. The summed E-state index contributed by atoms with van der Waals surface area (Å²) in [6, 6.07) is 9.07. The highest BCUT2D eigenvalue weighted by Crippen LogP contribution is 2.23. The smallest absolute Gasteiger partial charge is 0.251 e. The Labute approximate surface area is 143 Å². The molecule has 5 heteroatoms. The summed E-state index contributed by atoms with van der Waals surface area (Å²) in [5.74, 6) is 1.14. The number of amides is 1. The van der Waals surface area contributed by atoms with Crippen LogP contribution in [0.4, 0.5) is 0 Å². The minimum atomic E-state index is -0.165. The number of carbonyl (C=O) groups is 1. The Balaban J connectivity index is 2.09. The molecule has 0 aliphatic carbocycles. The monoisotopic (exact) mass is 328 g/mol. The molecule has 1 amide bonds. The lowest BCUT2D eigenvalue weighted by atomic mass is 10.1. The van der Waals surface area contributed by atoms with Crippen molar-refractivity contribution in [3.63, 3.8) is 0 Å². The normalized spacial score (nSPS) is 10.2. The third-order valence-corrected chi connectivity index (χ3v) is 3.26. The Kier molecular flexibility index (Phi) is 7.08. The van der Waals surface area contributed by atoms with E-state index in [1.54, 1.807) is 24.5 Å². The van der Waals surface area contributed by atoms with E-state index >= 15 is 0 Å². The maximum Gasteiger partial charge on any atom is 0.251 e. The van der Waals surface area contributed by atoms with Crippen LogP contribution in [-0.2, 0) is 6.54 Å². The van der Waals surface area contributed by atoms with E-state index in [2.05, 4.69) is 10.3 Å². The van der Waals surface area contributed by atoms with Crippen molar-refractivity contribution in [1.29, 1.82) is 0 Å². The van der Waals surface area contributed by atoms with Gasteiger partial charge in [0.1, 0.15) is 11.5 Å². The first-order valence-electron chi connectivity index (χ1n) is 8.30. The minimum Gasteiger partial charge on any atom is -0.493 e. The van der Waals surface area contributed by atoms with Gasteiger partial charge in [0.2, 0.25) is 0 Å². The molecule has 24 heavy (non-hydrogen) atoms. The Hall–Kier alpha value is -2.56. The third kappa shape index (κ3) is 5.57. The Morgan fingerprint density at radius 3 is 2.29 bits per heavy atom. The second-order valence-corrected chi connectivity index (χ2v) is 5.43. The van der Waals surface area contributed by atoms with E-state index in [1.807, 2.05) is 32.0 Å². The molecule has 128 valence electrons. The van der Waals surface area contributed by atoms with Crippen molar-refractivity contribution >= 4 is 5.91 Å². The van der Waals surface area contributed by atoms with Crippen LogP contribution < -0.4 is 14.8 Å².